The van der Waals surface area contributed by atoms with Gasteiger partial charge in [-0.3, -0.25) is 9.69 Å². The lowest BCUT2D eigenvalue weighted by Crippen LogP contribution is -2.48. The molecule has 0 aliphatic carbocycles. The van der Waals surface area contributed by atoms with Gasteiger partial charge in [0.15, 0.2) is 5.82 Å². The molecule has 1 amide bonds. The zero-order valence-electron chi connectivity index (χ0n) is 13.8. The second kappa shape index (κ2) is 7.78. The summed E-state index contributed by atoms with van der Waals surface area (Å²) in [6, 6.07) is 3.19. The topological polar surface area (TPSA) is 61.4 Å². The lowest BCUT2D eigenvalue weighted by atomic mass is 10.2. The van der Waals surface area contributed by atoms with E-state index in [1.807, 2.05) is 29.3 Å². The molecule has 0 bridgehead atoms. The molecule has 1 aromatic rings. The molecule has 1 N–H and O–H groups in total. The fourth-order valence-corrected chi connectivity index (χ4v) is 2.62. The predicted molar refractivity (Wildman–Crippen MR) is 83.7 cm³/mol. The minimum absolute atomic E-state index is 0.580. The standard InChI is InChI=1S/C15H22F3N5O/c1-11-4-5-13(21-20-11)23-7-3-6-22(8-9-23)12(2)14(24)19-10-15(16,17)18/h4-5,12H,3,6-10H2,1-2H3,(H,19,24). The molecule has 2 rings (SSSR count). The summed E-state index contributed by atoms with van der Waals surface area (Å²) in [6.45, 7) is 4.84. The molecule has 1 aliphatic heterocycles. The van der Waals surface area contributed by atoms with Crippen LogP contribution in [0.4, 0.5) is 19.0 Å². The molecule has 1 unspecified atom stereocenters. The lowest BCUT2D eigenvalue weighted by Gasteiger charge is -2.27. The van der Waals surface area contributed by atoms with Gasteiger partial charge in [-0.15, -0.1) is 5.10 Å². The first kappa shape index (κ1) is 18.4. The fourth-order valence-electron chi connectivity index (χ4n) is 2.62. The SMILES string of the molecule is Cc1ccc(N2CCCN(C(C)C(=O)NCC(F)(F)F)CC2)nn1. The van der Waals surface area contributed by atoms with E-state index in [0.29, 0.717) is 19.6 Å². The van der Waals surface area contributed by atoms with Crippen LogP contribution in [0.5, 0.6) is 0 Å². The van der Waals surface area contributed by atoms with Gasteiger partial charge in [-0.05, 0) is 32.4 Å². The average molecular weight is 345 g/mol. The molecule has 134 valence electrons. The quantitative estimate of drug-likeness (QED) is 0.893. The van der Waals surface area contributed by atoms with Gasteiger partial charge in [-0.2, -0.15) is 18.3 Å². The number of nitrogens with one attached hydrogen (secondary N) is 1. The van der Waals surface area contributed by atoms with Crippen molar-refractivity contribution in [2.24, 2.45) is 0 Å². The summed E-state index contributed by atoms with van der Waals surface area (Å²) in [5.41, 5.74) is 0.838. The average Bonchev–Trinajstić information content (AvgIpc) is 2.78. The first-order valence-corrected chi connectivity index (χ1v) is 7.90. The van der Waals surface area contributed by atoms with Crippen LogP contribution in [0.2, 0.25) is 0 Å². The number of carbonyl (C=O) groups is 1. The van der Waals surface area contributed by atoms with Gasteiger partial charge >= 0.3 is 6.18 Å². The van der Waals surface area contributed by atoms with Crippen LogP contribution in [-0.2, 0) is 4.79 Å². The summed E-state index contributed by atoms with van der Waals surface area (Å²) in [6.07, 6.45) is -3.60. The first-order valence-electron chi connectivity index (χ1n) is 7.90. The van der Waals surface area contributed by atoms with Crippen LogP contribution in [0.15, 0.2) is 12.1 Å². The molecule has 0 aromatic carbocycles. The van der Waals surface area contributed by atoms with E-state index in [1.54, 1.807) is 6.92 Å². The van der Waals surface area contributed by atoms with Crippen molar-refractivity contribution in [3.63, 3.8) is 0 Å². The van der Waals surface area contributed by atoms with E-state index in [0.717, 1.165) is 24.5 Å². The highest BCUT2D eigenvalue weighted by atomic mass is 19.4. The Morgan fingerprint density at radius 2 is 2.00 bits per heavy atom. The van der Waals surface area contributed by atoms with Crippen LogP contribution in [0.3, 0.4) is 0 Å². The zero-order valence-corrected chi connectivity index (χ0v) is 13.8. The first-order chi connectivity index (χ1) is 11.3. The van der Waals surface area contributed by atoms with Crippen molar-refractivity contribution in [2.75, 3.05) is 37.6 Å². The summed E-state index contributed by atoms with van der Waals surface area (Å²) in [5, 5.41) is 10.1. The maximum atomic E-state index is 12.2. The van der Waals surface area contributed by atoms with Gasteiger partial charge in [-0.1, -0.05) is 0 Å². The van der Waals surface area contributed by atoms with Gasteiger partial charge in [-0.25, -0.2) is 0 Å². The minimum atomic E-state index is -4.39. The number of rotatable bonds is 4. The van der Waals surface area contributed by atoms with Crippen molar-refractivity contribution in [1.82, 2.24) is 20.4 Å². The molecule has 0 spiro atoms. The number of aryl methyl sites for hydroxylation is 1. The molecule has 24 heavy (non-hydrogen) atoms. The van der Waals surface area contributed by atoms with Crippen LogP contribution in [0, 0.1) is 6.92 Å². The van der Waals surface area contributed by atoms with E-state index in [-0.39, 0.29) is 0 Å². The molecule has 6 nitrogen and oxygen atoms in total. The second-order valence-corrected chi connectivity index (χ2v) is 5.92. The van der Waals surface area contributed by atoms with Crippen molar-refractivity contribution in [3.8, 4) is 0 Å². The Hall–Kier alpha value is -1.90. The van der Waals surface area contributed by atoms with Crippen LogP contribution < -0.4 is 10.2 Å². The Bertz CT molecular complexity index is 549. The molecule has 9 heteroatoms. The number of aromatic nitrogens is 2. The number of nitrogens with zero attached hydrogens (tertiary/aromatic N) is 4. The van der Waals surface area contributed by atoms with Crippen molar-refractivity contribution in [2.45, 2.75) is 32.5 Å². The zero-order chi connectivity index (χ0) is 17.7. The van der Waals surface area contributed by atoms with E-state index in [4.69, 9.17) is 0 Å². The number of hydrogen-bond donors (Lipinski definition) is 1. The highest BCUT2D eigenvalue weighted by molar-refractivity contribution is 5.81. The Kier molecular flexibility index (Phi) is 5.98. The molecule has 1 aliphatic rings. The van der Waals surface area contributed by atoms with E-state index >= 15 is 0 Å². The summed E-state index contributed by atoms with van der Waals surface area (Å²) in [7, 11) is 0. The Balaban J connectivity index is 1.90. The maximum absolute atomic E-state index is 12.2. The fraction of sp³-hybridized carbons (Fsp3) is 0.667. The monoisotopic (exact) mass is 345 g/mol. The van der Waals surface area contributed by atoms with Gasteiger partial charge in [0.25, 0.3) is 0 Å². The summed E-state index contributed by atoms with van der Waals surface area (Å²) in [5.74, 6) is 0.174. The number of anilines is 1. The number of amides is 1. The third-order valence-electron chi connectivity index (χ3n) is 4.03. The Morgan fingerprint density at radius 1 is 1.25 bits per heavy atom. The molecule has 1 fully saturated rings. The Labute approximate surface area is 139 Å². The molecular formula is C15H22F3N5O. The second-order valence-electron chi connectivity index (χ2n) is 5.92. The molecule has 0 saturated carbocycles. The van der Waals surface area contributed by atoms with E-state index in [2.05, 4.69) is 15.1 Å². The van der Waals surface area contributed by atoms with Crippen molar-refractivity contribution in [1.29, 1.82) is 0 Å². The van der Waals surface area contributed by atoms with Crippen LogP contribution in [-0.4, -0.2) is 65.9 Å². The number of alkyl halides is 3. The predicted octanol–water partition coefficient (Wildman–Crippen LogP) is 1.36. The number of carbonyl (C=O) groups excluding carboxylic acids is 1. The van der Waals surface area contributed by atoms with Crippen LogP contribution >= 0.6 is 0 Å². The van der Waals surface area contributed by atoms with E-state index in [1.165, 1.54) is 0 Å². The van der Waals surface area contributed by atoms with E-state index in [9.17, 15) is 18.0 Å². The van der Waals surface area contributed by atoms with Crippen molar-refractivity contribution >= 4 is 11.7 Å². The van der Waals surface area contributed by atoms with Gasteiger partial charge in [0.2, 0.25) is 5.91 Å². The van der Waals surface area contributed by atoms with Gasteiger partial charge in [0.1, 0.15) is 6.54 Å². The summed E-state index contributed by atoms with van der Waals surface area (Å²) >= 11 is 0. The summed E-state index contributed by atoms with van der Waals surface area (Å²) < 4.78 is 36.6. The van der Waals surface area contributed by atoms with Gasteiger partial charge < -0.3 is 10.2 Å². The van der Waals surface area contributed by atoms with Crippen molar-refractivity contribution < 1.29 is 18.0 Å². The van der Waals surface area contributed by atoms with Gasteiger partial charge in [0, 0.05) is 26.2 Å². The molecule has 1 saturated heterocycles. The summed E-state index contributed by atoms with van der Waals surface area (Å²) in [4.78, 5) is 15.9. The van der Waals surface area contributed by atoms with Crippen LogP contribution in [0.1, 0.15) is 19.0 Å². The molecular weight excluding hydrogens is 323 g/mol. The van der Waals surface area contributed by atoms with Gasteiger partial charge in [0.05, 0.1) is 11.7 Å². The van der Waals surface area contributed by atoms with Crippen molar-refractivity contribution in [3.05, 3.63) is 17.8 Å². The largest absolute Gasteiger partial charge is 0.405 e. The third-order valence-corrected chi connectivity index (χ3v) is 4.03. The third kappa shape index (κ3) is 5.33. The Morgan fingerprint density at radius 3 is 2.62 bits per heavy atom. The smallest absolute Gasteiger partial charge is 0.354 e. The lowest BCUT2D eigenvalue weighted by molar-refractivity contribution is -0.141. The highest BCUT2D eigenvalue weighted by Gasteiger charge is 2.30. The maximum Gasteiger partial charge on any atom is 0.405 e. The number of hydrogen-bond acceptors (Lipinski definition) is 5. The molecule has 0 radical (unpaired) electrons. The minimum Gasteiger partial charge on any atom is -0.354 e. The molecule has 1 atom stereocenters. The van der Waals surface area contributed by atoms with Crippen LogP contribution in [0.25, 0.3) is 0 Å². The number of halogens is 3. The molecule has 1 aromatic heterocycles. The normalized spacial score (nSPS) is 18.1. The highest BCUT2D eigenvalue weighted by Crippen LogP contribution is 2.15. The molecule has 2 heterocycles. The van der Waals surface area contributed by atoms with E-state index < -0.39 is 24.7 Å².